The van der Waals surface area contributed by atoms with Crippen molar-refractivity contribution in [1.29, 1.82) is 0 Å². The van der Waals surface area contributed by atoms with Crippen molar-refractivity contribution in [2.75, 3.05) is 18.0 Å². The van der Waals surface area contributed by atoms with Crippen LogP contribution in [-0.2, 0) is 0 Å². The number of nitrogens with zero attached hydrogens (tertiary/aromatic N) is 2. The summed E-state index contributed by atoms with van der Waals surface area (Å²) in [6, 6.07) is 3.85. The predicted octanol–water partition coefficient (Wildman–Crippen LogP) is 0.677. The number of rotatable bonds is 2. The molecule has 0 spiro atoms. The predicted molar refractivity (Wildman–Crippen MR) is 67.6 cm³/mol. The number of hydrogen-bond donors (Lipinski definition) is 2. The number of piperidine rings is 1. The van der Waals surface area contributed by atoms with E-state index in [-0.39, 0.29) is 6.10 Å². The summed E-state index contributed by atoms with van der Waals surface area (Å²) < 4.78 is 0. The molecule has 4 nitrogen and oxygen atoms in total. The van der Waals surface area contributed by atoms with Gasteiger partial charge >= 0.3 is 0 Å². The Hall–Kier alpha value is -1.20. The summed E-state index contributed by atoms with van der Waals surface area (Å²) in [5, 5.41) is 9.44. The van der Waals surface area contributed by atoms with Crippen molar-refractivity contribution >= 4 is 22.9 Å². The van der Waals surface area contributed by atoms with E-state index in [2.05, 4.69) is 9.88 Å². The van der Waals surface area contributed by atoms with Crippen LogP contribution in [0, 0.1) is 0 Å². The first-order valence-corrected chi connectivity index (χ1v) is 5.76. The number of aliphatic hydroxyl groups excluding tert-OH is 1. The van der Waals surface area contributed by atoms with Crippen LogP contribution in [0.15, 0.2) is 18.3 Å². The van der Waals surface area contributed by atoms with E-state index in [1.54, 1.807) is 6.20 Å². The highest BCUT2D eigenvalue weighted by Gasteiger charge is 2.17. The summed E-state index contributed by atoms with van der Waals surface area (Å²) in [5.74, 6) is 0. The first-order chi connectivity index (χ1) is 7.66. The summed E-state index contributed by atoms with van der Waals surface area (Å²) >= 11 is 4.90. The normalized spacial score (nSPS) is 17.4. The first-order valence-electron chi connectivity index (χ1n) is 5.35. The largest absolute Gasteiger partial charge is 0.393 e. The van der Waals surface area contributed by atoms with Gasteiger partial charge in [-0.05, 0) is 25.0 Å². The molecule has 5 heteroatoms. The summed E-state index contributed by atoms with van der Waals surface area (Å²) in [7, 11) is 0. The van der Waals surface area contributed by atoms with Gasteiger partial charge in [-0.25, -0.2) is 0 Å². The zero-order chi connectivity index (χ0) is 11.5. The Morgan fingerprint density at radius 1 is 1.50 bits per heavy atom. The Bertz CT molecular complexity index is 389. The lowest BCUT2D eigenvalue weighted by Crippen LogP contribution is -2.35. The number of nitrogens with two attached hydrogens (primary N) is 1. The van der Waals surface area contributed by atoms with Crippen LogP contribution in [0.2, 0.25) is 0 Å². The summed E-state index contributed by atoms with van der Waals surface area (Å²) in [6.07, 6.45) is 3.18. The molecule has 1 aliphatic heterocycles. The van der Waals surface area contributed by atoms with E-state index in [0.29, 0.717) is 10.7 Å². The molecule has 1 saturated heterocycles. The molecular weight excluding hydrogens is 222 g/mol. The van der Waals surface area contributed by atoms with Crippen molar-refractivity contribution in [3.63, 3.8) is 0 Å². The lowest BCUT2D eigenvalue weighted by Gasteiger charge is -2.31. The zero-order valence-corrected chi connectivity index (χ0v) is 9.78. The lowest BCUT2D eigenvalue weighted by molar-refractivity contribution is 0.145. The average Bonchev–Trinajstić information content (AvgIpc) is 2.30. The molecule has 1 aliphatic rings. The zero-order valence-electron chi connectivity index (χ0n) is 8.97. The molecule has 86 valence electrons. The molecule has 0 aliphatic carbocycles. The molecule has 0 unspecified atom stereocenters. The van der Waals surface area contributed by atoms with E-state index in [4.69, 9.17) is 18.0 Å². The van der Waals surface area contributed by atoms with Crippen molar-refractivity contribution in [2.24, 2.45) is 5.73 Å². The van der Waals surface area contributed by atoms with E-state index in [1.165, 1.54) is 0 Å². The Morgan fingerprint density at radius 2 is 2.19 bits per heavy atom. The maximum absolute atomic E-state index is 9.44. The van der Waals surface area contributed by atoms with E-state index in [9.17, 15) is 5.11 Å². The van der Waals surface area contributed by atoms with Crippen LogP contribution in [0.1, 0.15) is 18.5 Å². The minimum absolute atomic E-state index is 0.159. The minimum atomic E-state index is -0.159. The second kappa shape index (κ2) is 4.76. The molecule has 16 heavy (non-hydrogen) atoms. The lowest BCUT2D eigenvalue weighted by atomic mass is 10.1. The molecule has 0 amide bonds. The number of anilines is 1. The summed E-state index contributed by atoms with van der Waals surface area (Å²) in [5.41, 5.74) is 7.27. The Balaban J connectivity index is 2.14. The van der Waals surface area contributed by atoms with Crippen LogP contribution < -0.4 is 10.6 Å². The van der Waals surface area contributed by atoms with Gasteiger partial charge in [0, 0.05) is 25.0 Å². The summed E-state index contributed by atoms with van der Waals surface area (Å²) in [4.78, 5) is 6.64. The third kappa shape index (κ3) is 2.48. The second-order valence-electron chi connectivity index (χ2n) is 3.98. The van der Waals surface area contributed by atoms with Gasteiger partial charge in [-0.1, -0.05) is 12.2 Å². The highest BCUT2D eigenvalue weighted by atomic mass is 32.1. The van der Waals surface area contributed by atoms with Crippen LogP contribution in [0.4, 0.5) is 5.69 Å². The second-order valence-corrected chi connectivity index (χ2v) is 4.42. The van der Waals surface area contributed by atoms with Gasteiger partial charge < -0.3 is 15.7 Å². The molecule has 2 heterocycles. The fourth-order valence-corrected chi connectivity index (χ4v) is 1.99. The van der Waals surface area contributed by atoms with Crippen LogP contribution >= 0.6 is 12.2 Å². The molecule has 0 aromatic carbocycles. The van der Waals surface area contributed by atoms with Gasteiger partial charge in [-0.3, -0.25) is 4.98 Å². The van der Waals surface area contributed by atoms with Gasteiger partial charge in [0.25, 0.3) is 0 Å². The molecule has 1 fully saturated rings. The number of aromatic nitrogens is 1. The van der Waals surface area contributed by atoms with Gasteiger partial charge in [0.2, 0.25) is 0 Å². The van der Waals surface area contributed by atoms with Crippen molar-refractivity contribution in [3.05, 3.63) is 24.0 Å². The van der Waals surface area contributed by atoms with Crippen molar-refractivity contribution in [1.82, 2.24) is 4.98 Å². The highest BCUT2D eigenvalue weighted by molar-refractivity contribution is 7.80. The summed E-state index contributed by atoms with van der Waals surface area (Å²) in [6.45, 7) is 1.73. The third-order valence-corrected chi connectivity index (χ3v) is 3.03. The smallest absolute Gasteiger partial charge is 0.122 e. The van der Waals surface area contributed by atoms with Crippen molar-refractivity contribution in [2.45, 2.75) is 18.9 Å². The van der Waals surface area contributed by atoms with Crippen LogP contribution in [-0.4, -0.2) is 34.3 Å². The monoisotopic (exact) mass is 237 g/mol. The molecule has 1 aromatic rings. The molecule has 3 N–H and O–H groups in total. The highest BCUT2D eigenvalue weighted by Crippen LogP contribution is 2.20. The maximum Gasteiger partial charge on any atom is 0.122 e. The van der Waals surface area contributed by atoms with E-state index in [1.807, 2.05) is 12.1 Å². The van der Waals surface area contributed by atoms with Crippen LogP contribution in [0.3, 0.4) is 0 Å². The average molecular weight is 237 g/mol. The Labute approximate surface area is 100 Å². The topological polar surface area (TPSA) is 62.4 Å². The molecule has 0 saturated carbocycles. The fourth-order valence-electron chi connectivity index (χ4n) is 1.87. The van der Waals surface area contributed by atoms with Crippen molar-refractivity contribution in [3.8, 4) is 0 Å². The number of hydrogen-bond acceptors (Lipinski definition) is 4. The van der Waals surface area contributed by atoms with E-state index in [0.717, 1.165) is 31.6 Å². The minimum Gasteiger partial charge on any atom is -0.393 e. The standard InChI is InChI=1S/C11H15N3OS/c12-11(16)10-7-8(1-4-13-10)14-5-2-9(15)3-6-14/h1,4,7,9,15H,2-3,5-6H2,(H2,12,16). The fraction of sp³-hybridized carbons (Fsp3) is 0.455. The molecule has 2 rings (SSSR count). The maximum atomic E-state index is 9.44. The molecular formula is C11H15N3OS. The van der Waals surface area contributed by atoms with Gasteiger partial charge in [0.15, 0.2) is 0 Å². The molecule has 0 radical (unpaired) electrons. The van der Waals surface area contributed by atoms with Gasteiger partial charge in [0.05, 0.1) is 11.8 Å². The van der Waals surface area contributed by atoms with Crippen LogP contribution in [0.5, 0.6) is 0 Å². The van der Waals surface area contributed by atoms with E-state index >= 15 is 0 Å². The number of thiocarbonyl (C=S) groups is 1. The molecule has 0 atom stereocenters. The van der Waals surface area contributed by atoms with Gasteiger partial charge in [-0.2, -0.15) is 0 Å². The van der Waals surface area contributed by atoms with Crippen molar-refractivity contribution < 1.29 is 5.11 Å². The molecule has 0 bridgehead atoms. The van der Waals surface area contributed by atoms with E-state index < -0.39 is 0 Å². The quantitative estimate of drug-likeness (QED) is 0.741. The number of aliphatic hydroxyl groups is 1. The Morgan fingerprint density at radius 3 is 2.81 bits per heavy atom. The number of pyridine rings is 1. The van der Waals surface area contributed by atoms with Gasteiger partial charge in [0.1, 0.15) is 4.99 Å². The van der Waals surface area contributed by atoms with Gasteiger partial charge in [-0.15, -0.1) is 0 Å². The van der Waals surface area contributed by atoms with Crippen LogP contribution in [0.25, 0.3) is 0 Å². The molecule has 1 aromatic heterocycles. The SMILES string of the molecule is NC(=S)c1cc(N2CCC(O)CC2)ccn1. The first kappa shape index (κ1) is 11.3. The Kier molecular flexibility index (Phi) is 3.36. The third-order valence-electron chi connectivity index (χ3n) is 2.83.